The van der Waals surface area contributed by atoms with Crippen molar-refractivity contribution in [2.45, 2.75) is 25.1 Å². The molecule has 3 atom stereocenters. The predicted octanol–water partition coefficient (Wildman–Crippen LogP) is 1.90. The lowest BCUT2D eigenvalue weighted by Gasteiger charge is -2.41. The second-order valence-electron chi connectivity index (χ2n) is 4.85. The number of hydrogen-bond donors (Lipinski definition) is 2. The topological polar surface area (TPSA) is 70.0 Å². The van der Waals surface area contributed by atoms with E-state index in [0.29, 0.717) is 0 Å². The number of ether oxygens (including phenoxy) is 1. The standard InChI is InChI=1S/C13H14F3NO4/c1-6(18)10-4-21-5-11(17(10)13(19)20)7-2-8(14)12(16)9(15)3-7/h2-3,6,10-11,18H,4-5H2,1H3,(H,19,20)/t6-,10-,11+/m1/s1. The summed E-state index contributed by atoms with van der Waals surface area (Å²) in [5.74, 6) is -4.44. The molecule has 21 heavy (non-hydrogen) atoms. The first-order chi connectivity index (χ1) is 9.82. The molecule has 0 spiro atoms. The molecule has 116 valence electrons. The molecule has 1 saturated heterocycles. The average molecular weight is 305 g/mol. The van der Waals surface area contributed by atoms with Crippen LogP contribution >= 0.6 is 0 Å². The minimum absolute atomic E-state index is 0.0351. The lowest BCUT2D eigenvalue weighted by Crippen LogP contribution is -2.54. The summed E-state index contributed by atoms with van der Waals surface area (Å²) in [7, 11) is 0. The minimum atomic E-state index is -1.62. The summed E-state index contributed by atoms with van der Waals surface area (Å²) in [5.41, 5.74) is -0.0702. The summed E-state index contributed by atoms with van der Waals surface area (Å²) in [6, 6.07) is -0.447. The molecule has 8 heteroatoms. The summed E-state index contributed by atoms with van der Waals surface area (Å²) >= 11 is 0. The molecule has 0 radical (unpaired) electrons. The molecule has 0 aromatic heterocycles. The molecule has 0 bridgehead atoms. The maximum absolute atomic E-state index is 13.3. The highest BCUT2D eigenvalue weighted by atomic mass is 19.2. The van der Waals surface area contributed by atoms with E-state index in [1.54, 1.807) is 0 Å². The molecular formula is C13H14F3NO4. The zero-order valence-electron chi connectivity index (χ0n) is 11.1. The third-order valence-electron chi connectivity index (χ3n) is 3.43. The monoisotopic (exact) mass is 305 g/mol. The van der Waals surface area contributed by atoms with Gasteiger partial charge in [0.1, 0.15) is 0 Å². The van der Waals surface area contributed by atoms with Crippen LogP contribution in [0.4, 0.5) is 18.0 Å². The molecule has 1 aromatic carbocycles. The molecule has 1 aliphatic rings. The Bertz CT molecular complexity index is 529. The van der Waals surface area contributed by atoms with Crippen LogP contribution in [0, 0.1) is 17.5 Å². The van der Waals surface area contributed by atoms with Crippen LogP contribution in [-0.4, -0.2) is 46.6 Å². The zero-order valence-corrected chi connectivity index (χ0v) is 11.1. The Kier molecular flexibility index (Phi) is 4.38. The van der Waals surface area contributed by atoms with Crippen molar-refractivity contribution in [3.05, 3.63) is 35.1 Å². The van der Waals surface area contributed by atoms with Crippen LogP contribution < -0.4 is 0 Å². The molecule has 1 fully saturated rings. The van der Waals surface area contributed by atoms with E-state index in [1.807, 2.05) is 0 Å². The molecule has 2 rings (SSSR count). The molecule has 0 unspecified atom stereocenters. The Labute approximate surface area is 118 Å². The summed E-state index contributed by atoms with van der Waals surface area (Å²) in [6.07, 6.45) is -2.39. The molecule has 1 amide bonds. The van der Waals surface area contributed by atoms with Gasteiger partial charge in [-0.05, 0) is 24.6 Å². The Morgan fingerprint density at radius 1 is 1.33 bits per heavy atom. The van der Waals surface area contributed by atoms with Crippen molar-refractivity contribution in [3.8, 4) is 0 Å². The number of rotatable bonds is 2. The van der Waals surface area contributed by atoms with E-state index in [9.17, 15) is 28.2 Å². The fourth-order valence-corrected chi connectivity index (χ4v) is 2.36. The van der Waals surface area contributed by atoms with Gasteiger partial charge in [0, 0.05) is 0 Å². The number of hydrogen-bond acceptors (Lipinski definition) is 3. The van der Waals surface area contributed by atoms with Crippen LogP contribution in [0.5, 0.6) is 0 Å². The summed E-state index contributed by atoms with van der Waals surface area (Å²) < 4.78 is 44.8. The summed E-state index contributed by atoms with van der Waals surface area (Å²) in [4.78, 5) is 12.3. The maximum atomic E-state index is 13.3. The Morgan fingerprint density at radius 2 is 1.90 bits per heavy atom. The van der Waals surface area contributed by atoms with Gasteiger partial charge in [0.25, 0.3) is 0 Å². The zero-order chi connectivity index (χ0) is 15.7. The molecule has 5 nitrogen and oxygen atoms in total. The first-order valence-electron chi connectivity index (χ1n) is 6.24. The van der Waals surface area contributed by atoms with Gasteiger partial charge in [-0.25, -0.2) is 18.0 Å². The van der Waals surface area contributed by atoms with Crippen molar-refractivity contribution in [3.63, 3.8) is 0 Å². The fourth-order valence-electron chi connectivity index (χ4n) is 2.36. The molecule has 0 aliphatic carbocycles. The van der Waals surface area contributed by atoms with Crippen LogP contribution in [0.15, 0.2) is 12.1 Å². The fraction of sp³-hybridized carbons (Fsp3) is 0.462. The first-order valence-corrected chi connectivity index (χ1v) is 6.24. The second kappa shape index (κ2) is 5.90. The molecule has 1 heterocycles. The average Bonchev–Trinajstić information content (AvgIpc) is 2.43. The SMILES string of the molecule is C[C@@H](O)[C@H]1COC[C@@H](c2cc(F)c(F)c(F)c2)N1C(=O)O. The van der Waals surface area contributed by atoms with Crippen molar-refractivity contribution in [1.82, 2.24) is 4.90 Å². The van der Waals surface area contributed by atoms with Gasteiger partial charge >= 0.3 is 6.09 Å². The number of nitrogens with zero attached hydrogens (tertiary/aromatic N) is 1. The normalized spacial score (nSPS) is 24.0. The van der Waals surface area contributed by atoms with Gasteiger partial charge < -0.3 is 14.9 Å². The van der Waals surface area contributed by atoms with Gasteiger partial charge in [0.15, 0.2) is 17.5 Å². The lowest BCUT2D eigenvalue weighted by molar-refractivity contribution is -0.0747. The largest absolute Gasteiger partial charge is 0.465 e. The van der Waals surface area contributed by atoms with Crippen LogP contribution in [0.3, 0.4) is 0 Å². The van der Waals surface area contributed by atoms with Crippen LogP contribution in [-0.2, 0) is 4.74 Å². The number of halogens is 3. The van der Waals surface area contributed by atoms with E-state index < -0.39 is 41.7 Å². The van der Waals surface area contributed by atoms with E-state index in [-0.39, 0.29) is 18.8 Å². The molecule has 2 N–H and O–H groups in total. The molecular weight excluding hydrogens is 291 g/mol. The van der Waals surface area contributed by atoms with Crippen LogP contribution in [0.2, 0.25) is 0 Å². The van der Waals surface area contributed by atoms with E-state index in [4.69, 9.17) is 4.74 Å². The third-order valence-corrected chi connectivity index (χ3v) is 3.43. The number of carboxylic acid groups (broad SMARTS) is 1. The smallest absolute Gasteiger partial charge is 0.408 e. The van der Waals surface area contributed by atoms with Crippen LogP contribution in [0.1, 0.15) is 18.5 Å². The highest BCUT2D eigenvalue weighted by Gasteiger charge is 2.38. The first kappa shape index (κ1) is 15.6. The van der Waals surface area contributed by atoms with Gasteiger partial charge in [-0.3, -0.25) is 4.90 Å². The van der Waals surface area contributed by atoms with E-state index >= 15 is 0 Å². The Balaban J connectivity index is 2.42. The summed E-state index contributed by atoms with van der Waals surface area (Å²) in [6.45, 7) is 1.21. The molecule has 0 saturated carbocycles. The number of morpholine rings is 1. The summed E-state index contributed by atoms with van der Waals surface area (Å²) in [5, 5.41) is 18.9. The van der Waals surface area contributed by atoms with Crippen molar-refractivity contribution >= 4 is 6.09 Å². The van der Waals surface area contributed by atoms with Gasteiger partial charge in [0.05, 0.1) is 31.4 Å². The van der Waals surface area contributed by atoms with Crippen molar-refractivity contribution < 1.29 is 32.9 Å². The van der Waals surface area contributed by atoms with Gasteiger partial charge in [0.2, 0.25) is 0 Å². The minimum Gasteiger partial charge on any atom is -0.465 e. The maximum Gasteiger partial charge on any atom is 0.408 e. The van der Waals surface area contributed by atoms with Crippen molar-refractivity contribution in [2.75, 3.05) is 13.2 Å². The van der Waals surface area contributed by atoms with Gasteiger partial charge in [-0.15, -0.1) is 0 Å². The van der Waals surface area contributed by atoms with Crippen molar-refractivity contribution in [2.24, 2.45) is 0 Å². The number of benzene rings is 1. The number of aliphatic hydroxyl groups excluding tert-OH is 1. The highest BCUT2D eigenvalue weighted by molar-refractivity contribution is 5.66. The highest BCUT2D eigenvalue weighted by Crippen LogP contribution is 2.30. The molecule has 1 aliphatic heterocycles. The van der Waals surface area contributed by atoms with E-state index in [1.165, 1.54) is 6.92 Å². The number of amides is 1. The van der Waals surface area contributed by atoms with E-state index in [0.717, 1.165) is 17.0 Å². The lowest BCUT2D eigenvalue weighted by atomic mass is 10.00. The van der Waals surface area contributed by atoms with Gasteiger partial charge in [-0.1, -0.05) is 0 Å². The van der Waals surface area contributed by atoms with Crippen molar-refractivity contribution in [1.29, 1.82) is 0 Å². The second-order valence-corrected chi connectivity index (χ2v) is 4.85. The number of aliphatic hydroxyl groups is 1. The Morgan fingerprint density at radius 3 is 2.38 bits per heavy atom. The quantitative estimate of drug-likeness (QED) is 0.819. The molecule has 1 aromatic rings. The predicted molar refractivity (Wildman–Crippen MR) is 65.2 cm³/mol. The number of carbonyl (C=O) groups is 1. The third kappa shape index (κ3) is 2.96. The van der Waals surface area contributed by atoms with E-state index in [2.05, 4.69) is 0 Å². The van der Waals surface area contributed by atoms with Gasteiger partial charge in [-0.2, -0.15) is 0 Å². The van der Waals surface area contributed by atoms with Crippen LogP contribution in [0.25, 0.3) is 0 Å². The Hall–Kier alpha value is -1.80.